The van der Waals surface area contributed by atoms with E-state index in [1.165, 1.54) is 0 Å². The average molecular weight is 331 g/mol. The van der Waals surface area contributed by atoms with Gasteiger partial charge in [0.1, 0.15) is 0 Å². The summed E-state index contributed by atoms with van der Waals surface area (Å²) in [6.45, 7) is 4.65. The van der Waals surface area contributed by atoms with Crippen LogP contribution in [0.4, 0.5) is 0 Å². The van der Waals surface area contributed by atoms with Gasteiger partial charge in [-0.2, -0.15) is 0 Å². The summed E-state index contributed by atoms with van der Waals surface area (Å²) in [6, 6.07) is 12.4. The van der Waals surface area contributed by atoms with E-state index in [-0.39, 0.29) is 11.8 Å². The summed E-state index contributed by atoms with van der Waals surface area (Å²) in [5.74, 6) is -0.406. The van der Waals surface area contributed by atoms with Crippen molar-refractivity contribution in [2.24, 2.45) is 0 Å². The highest BCUT2D eigenvalue weighted by Crippen LogP contribution is 2.14. The topological polar surface area (TPSA) is 58.2 Å². The fourth-order valence-corrected chi connectivity index (χ4v) is 2.30. The predicted octanol–water partition coefficient (Wildman–Crippen LogP) is 3.12. The Morgan fingerprint density at radius 3 is 2.22 bits per heavy atom. The second-order valence-corrected chi connectivity index (χ2v) is 5.70. The molecule has 0 saturated heterocycles. The fraction of sp³-hybridized carbons (Fsp3) is 0.222. The van der Waals surface area contributed by atoms with Crippen LogP contribution in [0.2, 0.25) is 5.02 Å². The minimum absolute atomic E-state index is 0.153. The molecule has 0 radical (unpaired) electrons. The van der Waals surface area contributed by atoms with E-state index in [1.807, 2.05) is 26.0 Å². The number of carbonyl (C=O) groups excluding carboxylic acids is 2. The lowest BCUT2D eigenvalue weighted by atomic mass is 10.1. The van der Waals surface area contributed by atoms with E-state index in [0.29, 0.717) is 29.2 Å². The minimum atomic E-state index is -0.254. The Morgan fingerprint density at radius 1 is 0.913 bits per heavy atom. The van der Waals surface area contributed by atoms with Gasteiger partial charge in [0.2, 0.25) is 0 Å². The summed E-state index contributed by atoms with van der Waals surface area (Å²) in [5, 5.41) is 5.92. The van der Waals surface area contributed by atoms with Crippen LogP contribution in [0.25, 0.3) is 0 Å². The van der Waals surface area contributed by atoms with E-state index in [1.54, 1.807) is 30.3 Å². The number of benzene rings is 2. The summed E-state index contributed by atoms with van der Waals surface area (Å²) in [6.07, 6.45) is 0. The van der Waals surface area contributed by atoms with Crippen LogP contribution < -0.4 is 10.6 Å². The van der Waals surface area contributed by atoms with Crippen LogP contribution in [0.1, 0.15) is 31.8 Å². The van der Waals surface area contributed by atoms with Gasteiger partial charge in [-0.05, 0) is 49.2 Å². The minimum Gasteiger partial charge on any atom is -0.350 e. The molecule has 2 aromatic rings. The lowest BCUT2D eigenvalue weighted by molar-refractivity contribution is 0.0927. The first-order valence-corrected chi connectivity index (χ1v) is 7.75. The second-order valence-electron chi connectivity index (χ2n) is 5.29. The molecule has 2 N–H and O–H groups in total. The van der Waals surface area contributed by atoms with Crippen molar-refractivity contribution in [2.75, 3.05) is 13.1 Å². The van der Waals surface area contributed by atoms with E-state index in [9.17, 15) is 9.59 Å². The van der Waals surface area contributed by atoms with E-state index < -0.39 is 0 Å². The van der Waals surface area contributed by atoms with Gasteiger partial charge in [-0.25, -0.2) is 0 Å². The molecule has 0 aliphatic rings. The molecule has 0 atom stereocenters. The highest BCUT2D eigenvalue weighted by atomic mass is 35.5. The molecule has 2 aromatic carbocycles. The summed E-state index contributed by atoms with van der Waals surface area (Å²) >= 11 is 5.96. The van der Waals surface area contributed by atoms with Crippen LogP contribution in [0.3, 0.4) is 0 Å². The average Bonchev–Trinajstić information content (AvgIpc) is 2.54. The van der Waals surface area contributed by atoms with Crippen molar-refractivity contribution >= 4 is 23.4 Å². The Balaban J connectivity index is 1.81. The van der Waals surface area contributed by atoms with Gasteiger partial charge in [0.25, 0.3) is 11.8 Å². The maximum atomic E-state index is 12.0. The number of carbonyl (C=O) groups is 2. The molecule has 0 aromatic heterocycles. The van der Waals surface area contributed by atoms with Crippen LogP contribution in [-0.2, 0) is 0 Å². The van der Waals surface area contributed by atoms with Crippen molar-refractivity contribution in [2.45, 2.75) is 13.8 Å². The number of rotatable bonds is 5. The van der Waals surface area contributed by atoms with E-state index in [4.69, 9.17) is 11.6 Å². The summed E-state index contributed by atoms with van der Waals surface area (Å²) in [5.41, 5.74) is 3.26. The molecule has 0 saturated carbocycles. The Morgan fingerprint density at radius 2 is 1.57 bits per heavy atom. The number of hydrogen-bond donors (Lipinski definition) is 2. The molecule has 0 aliphatic carbocycles. The van der Waals surface area contributed by atoms with Crippen LogP contribution in [0.15, 0.2) is 42.5 Å². The van der Waals surface area contributed by atoms with Gasteiger partial charge >= 0.3 is 0 Å². The molecule has 2 rings (SSSR count). The smallest absolute Gasteiger partial charge is 0.252 e. The molecule has 0 heterocycles. The third-order valence-corrected chi connectivity index (χ3v) is 3.91. The predicted molar refractivity (Wildman–Crippen MR) is 92.0 cm³/mol. The third kappa shape index (κ3) is 4.57. The van der Waals surface area contributed by atoms with Gasteiger partial charge in [-0.15, -0.1) is 0 Å². The molecular weight excluding hydrogens is 312 g/mol. The molecule has 2 amide bonds. The highest BCUT2D eigenvalue weighted by Gasteiger charge is 2.09. The largest absolute Gasteiger partial charge is 0.350 e. The van der Waals surface area contributed by atoms with Crippen molar-refractivity contribution in [1.29, 1.82) is 0 Å². The summed E-state index contributed by atoms with van der Waals surface area (Å²) < 4.78 is 0. The van der Waals surface area contributed by atoms with Gasteiger partial charge in [0.05, 0.1) is 10.6 Å². The van der Waals surface area contributed by atoms with E-state index in [2.05, 4.69) is 10.6 Å². The first-order valence-electron chi connectivity index (χ1n) is 7.37. The number of hydrogen-bond acceptors (Lipinski definition) is 2. The summed E-state index contributed by atoms with van der Waals surface area (Å²) in [4.78, 5) is 24.0. The normalized spacial score (nSPS) is 10.2. The van der Waals surface area contributed by atoms with Gasteiger partial charge in [-0.1, -0.05) is 29.8 Å². The SMILES string of the molecule is Cc1ccc(C(=O)NCCNC(=O)c2ccccc2Cl)cc1C. The molecule has 0 bridgehead atoms. The molecular formula is C18H19ClN2O2. The van der Waals surface area contributed by atoms with Crippen molar-refractivity contribution in [1.82, 2.24) is 10.6 Å². The Labute approximate surface area is 140 Å². The Hall–Kier alpha value is -2.33. The van der Waals surface area contributed by atoms with Crippen molar-refractivity contribution < 1.29 is 9.59 Å². The van der Waals surface area contributed by atoms with Gasteiger partial charge < -0.3 is 10.6 Å². The fourth-order valence-electron chi connectivity index (χ4n) is 2.08. The van der Waals surface area contributed by atoms with E-state index >= 15 is 0 Å². The number of halogens is 1. The van der Waals surface area contributed by atoms with Crippen molar-refractivity contribution in [3.63, 3.8) is 0 Å². The third-order valence-electron chi connectivity index (χ3n) is 3.58. The van der Waals surface area contributed by atoms with Gasteiger partial charge in [-0.3, -0.25) is 9.59 Å². The lowest BCUT2D eigenvalue weighted by Crippen LogP contribution is -2.34. The highest BCUT2D eigenvalue weighted by molar-refractivity contribution is 6.33. The van der Waals surface area contributed by atoms with Crippen LogP contribution in [0.5, 0.6) is 0 Å². The van der Waals surface area contributed by atoms with Crippen LogP contribution in [0, 0.1) is 13.8 Å². The zero-order valence-electron chi connectivity index (χ0n) is 13.2. The maximum Gasteiger partial charge on any atom is 0.252 e. The Bertz CT molecular complexity index is 729. The zero-order chi connectivity index (χ0) is 16.8. The lowest BCUT2D eigenvalue weighted by Gasteiger charge is -2.09. The van der Waals surface area contributed by atoms with Crippen LogP contribution in [-0.4, -0.2) is 24.9 Å². The van der Waals surface area contributed by atoms with Crippen molar-refractivity contribution in [3.05, 3.63) is 69.7 Å². The Kier molecular flexibility index (Phi) is 5.77. The molecule has 0 aliphatic heterocycles. The van der Waals surface area contributed by atoms with Gasteiger partial charge in [0, 0.05) is 18.7 Å². The van der Waals surface area contributed by atoms with Crippen molar-refractivity contribution in [3.8, 4) is 0 Å². The number of amides is 2. The zero-order valence-corrected chi connectivity index (χ0v) is 13.9. The first-order chi connectivity index (χ1) is 11.0. The molecule has 5 heteroatoms. The number of aryl methyl sites for hydroxylation is 2. The molecule has 0 spiro atoms. The number of nitrogens with one attached hydrogen (secondary N) is 2. The second kappa shape index (κ2) is 7.79. The maximum absolute atomic E-state index is 12.0. The van der Waals surface area contributed by atoms with Crippen LogP contribution >= 0.6 is 11.6 Å². The molecule has 23 heavy (non-hydrogen) atoms. The van der Waals surface area contributed by atoms with E-state index in [0.717, 1.165) is 11.1 Å². The molecule has 4 nitrogen and oxygen atoms in total. The summed E-state index contributed by atoms with van der Waals surface area (Å²) in [7, 11) is 0. The monoisotopic (exact) mass is 330 g/mol. The quantitative estimate of drug-likeness (QED) is 0.828. The standard InChI is InChI=1S/C18H19ClN2O2/c1-12-7-8-14(11-13(12)2)17(22)20-9-10-21-18(23)15-5-3-4-6-16(15)19/h3-8,11H,9-10H2,1-2H3,(H,20,22)(H,21,23). The molecule has 120 valence electrons. The first kappa shape index (κ1) is 17.0. The molecule has 0 fully saturated rings. The van der Waals surface area contributed by atoms with Gasteiger partial charge in [0.15, 0.2) is 0 Å². The molecule has 0 unspecified atom stereocenters.